The van der Waals surface area contributed by atoms with Gasteiger partial charge in [-0.05, 0) is 231 Å². The van der Waals surface area contributed by atoms with Crippen LogP contribution in [0.15, 0.2) is 121 Å². The maximum Gasteiger partial charge on any atom is 0.514 e. The zero-order chi connectivity index (χ0) is 64.8. The molecule has 0 saturated heterocycles. The highest BCUT2D eigenvalue weighted by Gasteiger charge is 2.33. The second kappa shape index (κ2) is 25.9. The van der Waals surface area contributed by atoms with Crippen molar-refractivity contribution in [3.8, 4) is 79.0 Å². The molecule has 0 aliphatic carbocycles. The normalized spacial score (nSPS) is 12.2. The van der Waals surface area contributed by atoms with E-state index in [1.54, 1.807) is 222 Å². The first-order valence-corrected chi connectivity index (χ1v) is 28.2. The van der Waals surface area contributed by atoms with Gasteiger partial charge in [-0.1, -0.05) is 62.4 Å². The maximum absolute atomic E-state index is 14.0. The summed E-state index contributed by atoms with van der Waals surface area (Å²) in [4.78, 5) is 79.3. The molecule has 0 unspecified atom stereocenters. The summed E-state index contributed by atoms with van der Waals surface area (Å²) in [5, 5.41) is 0. The number of rotatable bonds is 12. The van der Waals surface area contributed by atoms with Gasteiger partial charge in [-0.15, -0.1) is 0 Å². The third-order valence-electron chi connectivity index (χ3n) is 11.8. The Bertz CT molecular complexity index is 3040. The zero-order valence-electron chi connectivity index (χ0n) is 53.4. The second-order valence-corrected chi connectivity index (χ2v) is 26.9. The molecule has 0 radical (unpaired) electrons. The van der Waals surface area contributed by atoms with Crippen LogP contribution in [0.5, 0.6) is 34.5 Å². The Morgan fingerprint density at radius 3 is 0.563 bits per heavy atom. The van der Waals surface area contributed by atoms with Crippen molar-refractivity contribution in [2.75, 3.05) is 0 Å². The van der Waals surface area contributed by atoms with E-state index in [0.29, 0.717) is 55.6 Å². The highest BCUT2D eigenvalue weighted by molar-refractivity contribution is 5.89. The smallest absolute Gasteiger partial charge is 0.428 e. The summed E-state index contributed by atoms with van der Waals surface area (Å²) in [6, 6.07) is 33.6. The number of benzene rings is 6. The molecular weight excluding hydrogens is 1120 g/mol. The molecule has 464 valence electrons. The van der Waals surface area contributed by atoms with Crippen LogP contribution in [0.3, 0.4) is 0 Å². The van der Waals surface area contributed by atoms with Crippen molar-refractivity contribution in [1.82, 2.24) is 0 Å². The van der Waals surface area contributed by atoms with Crippen molar-refractivity contribution in [3.05, 3.63) is 132 Å². The molecule has 0 amide bonds. The van der Waals surface area contributed by atoms with Crippen LogP contribution < -0.4 is 28.4 Å². The quantitative estimate of drug-likeness (QED) is 0.0633. The van der Waals surface area contributed by atoms with Crippen molar-refractivity contribution in [3.63, 3.8) is 0 Å². The highest BCUT2D eigenvalue weighted by atomic mass is 16.8. The molecule has 0 fully saturated rings. The van der Waals surface area contributed by atoms with Crippen LogP contribution in [0.25, 0.3) is 44.5 Å². The van der Waals surface area contributed by atoms with Gasteiger partial charge in [0.15, 0.2) is 0 Å². The average molecular weight is 1200 g/mol. The minimum absolute atomic E-state index is 0.0790. The van der Waals surface area contributed by atoms with Crippen molar-refractivity contribution >= 4 is 36.9 Å². The van der Waals surface area contributed by atoms with E-state index in [2.05, 4.69) is 0 Å². The van der Waals surface area contributed by atoms with E-state index in [1.807, 2.05) is 38.1 Å². The molecule has 0 aromatic heterocycles. The number of carbonyl (C=O) groups excluding carboxylic acids is 6. The summed E-state index contributed by atoms with van der Waals surface area (Å²) in [5.41, 5.74) is -1.39. The second-order valence-electron chi connectivity index (χ2n) is 26.9. The summed E-state index contributed by atoms with van der Waals surface area (Å²) in [6.07, 6.45) is -5.66. The summed E-state index contributed by atoms with van der Waals surface area (Å²) in [5.74, 6) is 0.834. The van der Waals surface area contributed by atoms with E-state index in [4.69, 9.17) is 56.8 Å². The molecule has 0 spiro atoms. The van der Waals surface area contributed by atoms with Gasteiger partial charge in [0.05, 0.1) is 0 Å². The lowest BCUT2D eigenvalue weighted by Crippen LogP contribution is -2.26. The topological polar surface area (TPSA) is 213 Å². The van der Waals surface area contributed by atoms with Crippen LogP contribution in [-0.4, -0.2) is 70.5 Å². The lowest BCUT2D eigenvalue weighted by atomic mass is 9.74. The van der Waals surface area contributed by atoms with E-state index in [9.17, 15) is 28.8 Å². The van der Waals surface area contributed by atoms with Crippen molar-refractivity contribution in [2.45, 2.75) is 177 Å². The third kappa shape index (κ3) is 20.6. The molecule has 0 atom stereocenters. The molecule has 18 nitrogen and oxygen atoms in total. The Balaban J connectivity index is 1.67. The molecule has 0 saturated carbocycles. The van der Waals surface area contributed by atoms with Crippen molar-refractivity contribution < 1.29 is 85.6 Å². The Labute approximate surface area is 509 Å². The summed E-state index contributed by atoms with van der Waals surface area (Å²) >= 11 is 0. The minimum Gasteiger partial charge on any atom is -0.428 e. The monoisotopic (exact) mass is 1200 g/mol. The Morgan fingerprint density at radius 1 is 0.241 bits per heavy atom. The molecule has 18 heteroatoms. The maximum atomic E-state index is 14.0. The van der Waals surface area contributed by atoms with E-state index in [-0.39, 0.29) is 34.5 Å². The Kier molecular flexibility index (Phi) is 20.0. The highest BCUT2D eigenvalue weighted by Crippen LogP contribution is 2.49. The van der Waals surface area contributed by atoms with Crippen molar-refractivity contribution in [1.29, 1.82) is 0 Å². The molecule has 0 aliphatic heterocycles. The molecule has 87 heavy (non-hydrogen) atoms. The fourth-order valence-corrected chi connectivity index (χ4v) is 8.21. The standard InChI is InChI=1S/C69H80O18/c1-63(2,3)82-57(70)76-47-29-21-41(22-30-47)51-37-45(38-52(55(51)80-61(74)86-67(13,14)15)42-23-31-48(32-24-42)77-58(71)83-64(4,5)6)69(19,20)46-39-53(43-25-33-49(34-26-43)78-59(72)84-65(7,8)9)56(81-62(75)87-68(16,17)18)54(40-46)44-27-35-50(36-28-44)79-60(73)85-66(10,11)12/h21-40H,1-20H3. The van der Waals surface area contributed by atoms with Crippen LogP contribution in [0.1, 0.15) is 150 Å². The van der Waals surface area contributed by atoms with Crippen LogP contribution >= 0.6 is 0 Å². The third-order valence-corrected chi connectivity index (χ3v) is 11.8. The van der Waals surface area contributed by atoms with Crippen LogP contribution in [0.2, 0.25) is 0 Å². The first kappa shape index (κ1) is 67.1. The molecule has 6 rings (SSSR count). The van der Waals surface area contributed by atoms with E-state index in [0.717, 1.165) is 0 Å². The molecular formula is C69H80O18. The molecule has 0 aliphatic rings. The Morgan fingerprint density at radius 2 is 0.402 bits per heavy atom. The van der Waals surface area contributed by atoms with Gasteiger partial charge >= 0.3 is 36.9 Å². The largest absolute Gasteiger partial charge is 0.514 e. The number of ether oxygens (including phenoxy) is 12. The number of hydrogen-bond acceptors (Lipinski definition) is 18. The molecule has 0 bridgehead atoms. The SMILES string of the molecule is CC(C)(C)OC(=O)Oc1ccc(-c2cc(C(C)(C)c3cc(-c4ccc(OC(=O)OC(C)(C)C)cc4)c(OC(=O)OC(C)(C)C)c(-c4ccc(OC(=O)OC(C)(C)C)cc4)c3)cc(-c3ccc(OC(=O)OC(C)(C)C)cc3)c2OC(=O)OC(C)(C)C)cc1. The average Bonchev–Trinajstić information content (AvgIpc) is 0.869. The van der Waals surface area contributed by atoms with Gasteiger partial charge in [0.2, 0.25) is 0 Å². The predicted molar refractivity (Wildman–Crippen MR) is 328 cm³/mol. The van der Waals surface area contributed by atoms with Gasteiger partial charge in [0, 0.05) is 27.7 Å². The number of carbonyl (C=O) groups is 6. The summed E-state index contributed by atoms with van der Waals surface area (Å²) in [7, 11) is 0. The molecule has 6 aromatic rings. The van der Waals surface area contributed by atoms with Crippen LogP contribution in [0, 0.1) is 0 Å². The lowest BCUT2D eigenvalue weighted by molar-refractivity contribution is 0.0192. The zero-order valence-corrected chi connectivity index (χ0v) is 53.4. The lowest BCUT2D eigenvalue weighted by Gasteiger charge is -2.31. The van der Waals surface area contributed by atoms with Gasteiger partial charge in [0.1, 0.15) is 68.1 Å². The molecule has 6 aromatic carbocycles. The minimum atomic E-state index is -1.07. The van der Waals surface area contributed by atoms with Gasteiger partial charge in [-0.25, -0.2) is 28.8 Å². The first-order chi connectivity index (χ1) is 40.0. The van der Waals surface area contributed by atoms with Gasteiger partial charge in [0.25, 0.3) is 0 Å². The summed E-state index contributed by atoms with van der Waals surface area (Å²) in [6.45, 7) is 34.8. The van der Waals surface area contributed by atoms with E-state index < -0.39 is 76.0 Å². The summed E-state index contributed by atoms with van der Waals surface area (Å²) < 4.78 is 67.9. The van der Waals surface area contributed by atoms with Gasteiger partial charge in [-0.3, -0.25) is 0 Å². The predicted octanol–water partition coefficient (Wildman–Crippen LogP) is 18.6. The van der Waals surface area contributed by atoms with Crippen LogP contribution in [-0.2, 0) is 33.8 Å². The molecule has 0 heterocycles. The fourth-order valence-electron chi connectivity index (χ4n) is 8.21. The molecule has 0 N–H and O–H groups in total. The van der Waals surface area contributed by atoms with E-state index >= 15 is 0 Å². The fraction of sp³-hybridized carbons (Fsp3) is 0.391. The number of hydrogen-bond donors (Lipinski definition) is 0. The van der Waals surface area contributed by atoms with Gasteiger partial charge in [-0.2, -0.15) is 0 Å². The van der Waals surface area contributed by atoms with Gasteiger partial charge < -0.3 is 56.8 Å². The first-order valence-electron chi connectivity index (χ1n) is 28.2. The Hall–Kier alpha value is -9.06. The van der Waals surface area contributed by atoms with E-state index in [1.165, 1.54) is 0 Å². The van der Waals surface area contributed by atoms with Crippen molar-refractivity contribution in [2.24, 2.45) is 0 Å². The van der Waals surface area contributed by atoms with Crippen LogP contribution in [0.4, 0.5) is 28.8 Å².